The smallest absolute Gasteiger partial charge is 0.226 e. The second kappa shape index (κ2) is 9.90. The molecular formula is C26H28N8OS. The van der Waals surface area contributed by atoms with E-state index >= 15 is 0 Å². The average molecular weight is 501 g/mol. The Morgan fingerprint density at radius 1 is 1.08 bits per heavy atom. The summed E-state index contributed by atoms with van der Waals surface area (Å²) in [6.45, 7) is 6.59. The number of carbonyl (C=O) groups is 1. The van der Waals surface area contributed by atoms with E-state index in [1.54, 1.807) is 18.9 Å². The van der Waals surface area contributed by atoms with Crippen LogP contribution < -0.4 is 10.6 Å². The highest BCUT2D eigenvalue weighted by Gasteiger charge is 2.41. The molecule has 2 atom stereocenters. The Balaban J connectivity index is 1.45. The number of carbonyl (C=O) groups excluding carboxylic acids is 1. The molecule has 0 unspecified atom stereocenters. The zero-order valence-electron chi connectivity index (χ0n) is 20.4. The fourth-order valence-electron chi connectivity index (χ4n) is 4.88. The first kappa shape index (κ1) is 23.7. The summed E-state index contributed by atoms with van der Waals surface area (Å²) in [7, 11) is 0. The van der Waals surface area contributed by atoms with Gasteiger partial charge in [-0.2, -0.15) is 0 Å². The lowest BCUT2D eigenvalue weighted by Gasteiger charge is -2.28. The van der Waals surface area contributed by atoms with Crippen LogP contribution in [-0.2, 0) is 4.79 Å². The summed E-state index contributed by atoms with van der Waals surface area (Å²) in [5.74, 6) is -0.0570. The highest BCUT2D eigenvalue weighted by Crippen LogP contribution is 2.40. The van der Waals surface area contributed by atoms with Crippen molar-refractivity contribution in [3.8, 4) is 0 Å². The zero-order chi connectivity index (χ0) is 25.2. The van der Waals surface area contributed by atoms with Gasteiger partial charge in [0.25, 0.3) is 0 Å². The maximum Gasteiger partial charge on any atom is 0.226 e. The number of hydrogen-bond donors (Lipinski definition) is 2. The number of aryl methyl sites for hydroxylation is 2. The van der Waals surface area contributed by atoms with Gasteiger partial charge >= 0.3 is 0 Å². The summed E-state index contributed by atoms with van der Waals surface area (Å²) >= 11 is 5.78. The second-order valence-corrected chi connectivity index (χ2v) is 9.35. The molecule has 0 bridgehead atoms. The van der Waals surface area contributed by atoms with Crippen LogP contribution in [0, 0.1) is 20.8 Å². The molecule has 3 aromatic heterocycles. The van der Waals surface area contributed by atoms with Gasteiger partial charge in [0, 0.05) is 41.8 Å². The van der Waals surface area contributed by atoms with Crippen molar-refractivity contribution < 1.29 is 4.79 Å². The standard InChI is InChI=1S/C26H28N8OS/c1-17-7-6-8-20(13-17)30-23(35)10-12-33-25(24(31-26(33)36)22-9-4-5-11-27-22)21-14-18(2)34(19(21)3)32-15-28-29-16-32/h4-9,11,13-16,24-25H,10,12H2,1-3H3,(H,30,35)(H,31,36)/t24-,25-/m1/s1. The fraction of sp³-hybridized carbons (Fsp3) is 0.269. The van der Waals surface area contributed by atoms with E-state index in [1.165, 1.54) is 0 Å². The average Bonchev–Trinajstić information content (AvgIpc) is 3.56. The molecular weight excluding hydrogens is 472 g/mol. The van der Waals surface area contributed by atoms with E-state index < -0.39 is 0 Å². The third-order valence-corrected chi connectivity index (χ3v) is 6.82. The monoisotopic (exact) mass is 500 g/mol. The number of rotatable bonds is 7. The Bertz CT molecular complexity index is 1380. The van der Waals surface area contributed by atoms with E-state index in [4.69, 9.17) is 12.2 Å². The van der Waals surface area contributed by atoms with Crippen molar-refractivity contribution in [3.05, 3.63) is 95.6 Å². The van der Waals surface area contributed by atoms with Gasteiger partial charge in [-0.15, -0.1) is 10.2 Å². The Hall–Kier alpha value is -4.05. The number of hydrogen-bond acceptors (Lipinski definition) is 5. The van der Waals surface area contributed by atoms with Gasteiger partial charge in [-0.3, -0.25) is 14.5 Å². The maximum absolute atomic E-state index is 12.8. The third kappa shape index (κ3) is 4.59. The lowest BCUT2D eigenvalue weighted by Crippen LogP contribution is -2.33. The Morgan fingerprint density at radius 2 is 1.89 bits per heavy atom. The molecule has 0 saturated carbocycles. The number of aromatic nitrogens is 5. The summed E-state index contributed by atoms with van der Waals surface area (Å²) in [5, 5.41) is 15.0. The van der Waals surface area contributed by atoms with Crippen molar-refractivity contribution >= 4 is 28.9 Å². The summed E-state index contributed by atoms with van der Waals surface area (Å²) in [6.07, 6.45) is 5.43. The Kier molecular flexibility index (Phi) is 6.51. The molecule has 4 aromatic rings. The van der Waals surface area contributed by atoms with Gasteiger partial charge in [0.15, 0.2) is 5.11 Å². The van der Waals surface area contributed by atoms with Crippen molar-refractivity contribution in [2.75, 3.05) is 11.9 Å². The quantitative estimate of drug-likeness (QED) is 0.374. The largest absolute Gasteiger partial charge is 0.352 e. The molecule has 0 radical (unpaired) electrons. The molecule has 2 N–H and O–H groups in total. The van der Waals surface area contributed by atoms with E-state index in [0.29, 0.717) is 18.1 Å². The van der Waals surface area contributed by atoms with Crippen molar-refractivity contribution in [2.45, 2.75) is 39.3 Å². The minimum absolute atomic E-state index is 0.0570. The van der Waals surface area contributed by atoms with Gasteiger partial charge in [0.1, 0.15) is 12.7 Å². The number of anilines is 1. The number of pyridine rings is 1. The maximum atomic E-state index is 12.8. The van der Waals surface area contributed by atoms with E-state index in [1.807, 2.05) is 61.0 Å². The number of thiocarbonyl (C=S) groups is 1. The van der Waals surface area contributed by atoms with Crippen molar-refractivity contribution in [1.29, 1.82) is 0 Å². The normalized spacial score (nSPS) is 17.3. The van der Waals surface area contributed by atoms with Gasteiger partial charge in [-0.25, -0.2) is 4.68 Å². The van der Waals surface area contributed by atoms with Crippen LogP contribution in [0.5, 0.6) is 0 Å². The summed E-state index contributed by atoms with van der Waals surface area (Å²) in [5.41, 5.74) is 5.96. The van der Waals surface area contributed by atoms with Crippen LogP contribution in [-0.4, -0.2) is 47.0 Å². The summed E-state index contributed by atoms with van der Waals surface area (Å²) in [4.78, 5) is 19.5. The van der Waals surface area contributed by atoms with Crippen LogP contribution in [0.15, 0.2) is 67.4 Å². The van der Waals surface area contributed by atoms with Crippen molar-refractivity contribution in [2.24, 2.45) is 0 Å². The van der Waals surface area contributed by atoms with Crippen LogP contribution in [0.1, 0.15) is 46.7 Å². The van der Waals surface area contributed by atoms with Crippen molar-refractivity contribution in [3.63, 3.8) is 0 Å². The molecule has 184 valence electrons. The molecule has 0 spiro atoms. The Morgan fingerprint density at radius 3 is 2.61 bits per heavy atom. The predicted octanol–water partition coefficient (Wildman–Crippen LogP) is 3.71. The minimum Gasteiger partial charge on any atom is -0.352 e. The molecule has 1 amide bonds. The number of amides is 1. The molecule has 5 rings (SSSR count). The van der Waals surface area contributed by atoms with Crippen LogP contribution >= 0.6 is 12.2 Å². The minimum atomic E-state index is -0.159. The van der Waals surface area contributed by atoms with Crippen LogP contribution in [0.4, 0.5) is 5.69 Å². The van der Waals surface area contributed by atoms with E-state index in [0.717, 1.165) is 33.9 Å². The molecule has 1 aliphatic heterocycles. The molecule has 1 aliphatic rings. The van der Waals surface area contributed by atoms with E-state index in [2.05, 4.69) is 48.4 Å². The van der Waals surface area contributed by atoms with E-state index in [-0.39, 0.29) is 18.0 Å². The first-order valence-electron chi connectivity index (χ1n) is 11.8. The van der Waals surface area contributed by atoms with Gasteiger partial charge in [0.2, 0.25) is 5.91 Å². The lowest BCUT2D eigenvalue weighted by atomic mass is 9.96. The first-order chi connectivity index (χ1) is 17.4. The van der Waals surface area contributed by atoms with Gasteiger partial charge in [0.05, 0.1) is 17.8 Å². The summed E-state index contributed by atoms with van der Waals surface area (Å²) in [6, 6.07) is 15.5. The predicted molar refractivity (Wildman–Crippen MR) is 141 cm³/mol. The number of nitrogens with one attached hydrogen (secondary N) is 2. The molecule has 0 aliphatic carbocycles. The molecule has 1 fully saturated rings. The SMILES string of the molecule is Cc1cccc(NC(=O)CCN2C(=S)N[C@H](c3ccccn3)[C@H]2c2cc(C)n(-n3cnnc3)c2C)c1. The molecule has 36 heavy (non-hydrogen) atoms. The zero-order valence-corrected chi connectivity index (χ0v) is 21.2. The van der Waals surface area contributed by atoms with Gasteiger partial charge in [-0.1, -0.05) is 18.2 Å². The molecule has 9 nitrogen and oxygen atoms in total. The molecule has 10 heteroatoms. The first-order valence-corrected chi connectivity index (χ1v) is 12.2. The Labute approximate surface area is 215 Å². The summed E-state index contributed by atoms with van der Waals surface area (Å²) < 4.78 is 3.92. The van der Waals surface area contributed by atoms with Gasteiger partial charge < -0.3 is 15.5 Å². The topological polar surface area (TPSA) is 92.9 Å². The van der Waals surface area contributed by atoms with Crippen LogP contribution in [0.2, 0.25) is 0 Å². The lowest BCUT2D eigenvalue weighted by molar-refractivity contribution is -0.116. The number of benzene rings is 1. The van der Waals surface area contributed by atoms with Gasteiger partial charge in [-0.05, 0) is 68.9 Å². The van der Waals surface area contributed by atoms with Crippen LogP contribution in [0.3, 0.4) is 0 Å². The van der Waals surface area contributed by atoms with Crippen molar-refractivity contribution in [1.82, 2.24) is 34.8 Å². The van der Waals surface area contributed by atoms with Crippen LogP contribution in [0.25, 0.3) is 0 Å². The highest BCUT2D eigenvalue weighted by molar-refractivity contribution is 7.80. The highest BCUT2D eigenvalue weighted by atomic mass is 32.1. The molecule has 4 heterocycles. The second-order valence-electron chi connectivity index (χ2n) is 8.97. The molecule has 1 aromatic carbocycles. The number of nitrogens with zero attached hydrogens (tertiary/aromatic N) is 6. The third-order valence-electron chi connectivity index (χ3n) is 6.47. The van der Waals surface area contributed by atoms with E-state index in [9.17, 15) is 4.79 Å². The fourth-order valence-corrected chi connectivity index (χ4v) is 5.22. The molecule has 1 saturated heterocycles.